The molecule has 0 aliphatic rings. The topological polar surface area (TPSA) is 35.2 Å². The molecule has 0 amide bonds. The second kappa shape index (κ2) is 7.50. The zero-order valence-corrected chi connectivity index (χ0v) is 15.6. The minimum Gasteiger partial charge on any atom is -0.475 e. The van der Waals surface area contributed by atoms with E-state index in [4.69, 9.17) is 10.5 Å². The number of rotatable bonds is 8. The summed E-state index contributed by atoms with van der Waals surface area (Å²) < 4.78 is 6.05. The lowest BCUT2D eigenvalue weighted by molar-refractivity contribution is 0.192. The van der Waals surface area contributed by atoms with Gasteiger partial charge in [0, 0.05) is 5.56 Å². The first-order valence-corrected chi connectivity index (χ1v) is 8.75. The Labute approximate surface area is 137 Å². The number of nitrogens with two attached hydrogens (primary N) is 1. The summed E-state index contributed by atoms with van der Waals surface area (Å²) in [5, 5.41) is 0. The molecule has 2 nitrogen and oxygen atoms in total. The van der Waals surface area contributed by atoms with Crippen LogP contribution in [-0.2, 0) is 10.8 Å². The summed E-state index contributed by atoms with van der Waals surface area (Å²) in [7, 11) is 0. The van der Waals surface area contributed by atoms with Crippen molar-refractivity contribution < 1.29 is 4.74 Å². The Morgan fingerprint density at radius 1 is 1.00 bits per heavy atom. The molecule has 2 N–H and O–H groups in total. The summed E-state index contributed by atoms with van der Waals surface area (Å²) in [6.07, 6.45) is 3.89. The Bertz CT molecular complexity index is 477. The van der Waals surface area contributed by atoms with E-state index in [1.165, 1.54) is 11.1 Å². The highest BCUT2D eigenvalue weighted by atomic mass is 16.5. The molecule has 0 fully saturated rings. The molecule has 1 unspecified atom stereocenters. The molecule has 2 heteroatoms. The zero-order valence-electron chi connectivity index (χ0n) is 15.6. The molecule has 1 aromatic rings. The smallest absolute Gasteiger partial charge is 0.147 e. The maximum atomic E-state index is 6.10. The SMILES string of the molecule is CCCC(N)Oc1ccc(C(C)(C)CC)cc1C(C)(C)CC. The first-order chi connectivity index (χ1) is 10.2. The predicted octanol–water partition coefficient (Wildman–Crippen LogP) is 5.53. The van der Waals surface area contributed by atoms with Crippen molar-refractivity contribution in [1.82, 2.24) is 0 Å². The summed E-state index contributed by atoms with van der Waals surface area (Å²) >= 11 is 0. The van der Waals surface area contributed by atoms with E-state index in [9.17, 15) is 0 Å². The molecule has 0 saturated carbocycles. The van der Waals surface area contributed by atoms with Gasteiger partial charge < -0.3 is 4.74 Å². The van der Waals surface area contributed by atoms with Gasteiger partial charge in [-0.25, -0.2) is 0 Å². The average Bonchev–Trinajstić information content (AvgIpc) is 2.47. The summed E-state index contributed by atoms with van der Waals surface area (Å²) in [5.74, 6) is 0.948. The van der Waals surface area contributed by atoms with E-state index in [1.807, 2.05) is 0 Å². The van der Waals surface area contributed by atoms with Gasteiger partial charge in [-0.05, 0) is 41.7 Å². The zero-order chi connectivity index (χ0) is 17.0. The quantitative estimate of drug-likeness (QED) is 0.641. The van der Waals surface area contributed by atoms with Crippen LogP contribution in [0.2, 0.25) is 0 Å². The average molecular weight is 306 g/mol. The molecule has 126 valence electrons. The second-order valence-electron chi connectivity index (χ2n) is 7.63. The standard InChI is InChI=1S/C20H35NO/c1-8-11-18(21)22-17-13-12-15(19(4,5)9-2)14-16(17)20(6,7)10-3/h12-14,18H,8-11,21H2,1-7H3. The summed E-state index contributed by atoms with van der Waals surface area (Å²) in [6.45, 7) is 15.8. The first kappa shape index (κ1) is 19.0. The molecule has 1 aromatic carbocycles. The number of benzene rings is 1. The van der Waals surface area contributed by atoms with Crippen molar-refractivity contribution >= 4 is 0 Å². The van der Waals surface area contributed by atoms with Gasteiger partial charge in [-0.1, -0.05) is 67.0 Å². The van der Waals surface area contributed by atoms with Crippen LogP contribution in [0.25, 0.3) is 0 Å². The van der Waals surface area contributed by atoms with E-state index in [0.29, 0.717) is 0 Å². The van der Waals surface area contributed by atoms with E-state index < -0.39 is 0 Å². The molecule has 0 bridgehead atoms. The molecule has 0 aliphatic carbocycles. The third-order valence-corrected chi connectivity index (χ3v) is 5.11. The van der Waals surface area contributed by atoms with Gasteiger partial charge in [0.05, 0.1) is 0 Å². The van der Waals surface area contributed by atoms with Gasteiger partial charge in [0.15, 0.2) is 0 Å². The van der Waals surface area contributed by atoms with Gasteiger partial charge >= 0.3 is 0 Å². The van der Waals surface area contributed by atoms with Gasteiger partial charge in [-0.15, -0.1) is 0 Å². The van der Waals surface area contributed by atoms with E-state index in [1.54, 1.807) is 0 Å². The lowest BCUT2D eigenvalue weighted by atomic mass is 9.76. The van der Waals surface area contributed by atoms with Gasteiger partial charge in [-0.3, -0.25) is 5.73 Å². The second-order valence-corrected chi connectivity index (χ2v) is 7.63. The monoisotopic (exact) mass is 305 g/mol. The molecule has 0 aliphatic heterocycles. The number of hydrogen-bond acceptors (Lipinski definition) is 2. The lowest BCUT2D eigenvalue weighted by Crippen LogP contribution is -2.29. The van der Waals surface area contributed by atoms with Crippen molar-refractivity contribution in [3.63, 3.8) is 0 Å². The lowest BCUT2D eigenvalue weighted by Gasteiger charge is -2.31. The molecular weight excluding hydrogens is 270 g/mol. The van der Waals surface area contributed by atoms with E-state index in [0.717, 1.165) is 31.4 Å². The Hall–Kier alpha value is -1.02. The third-order valence-electron chi connectivity index (χ3n) is 5.11. The Kier molecular flexibility index (Phi) is 6.49. The van der Waals surface area contributed by atoms with Gasteiger partial charge in [-0.2, -0.15) is 0 Å². The summed E-state index contributed by atoms with van der Waals surface area (Å²) in [5.41, 5.74) is 9.02. The fourth-order valence-electron chi connectivity index (χ4n) is 2.48. The number of hydrogen-bond donors (Lipinski definition) is 1. The van der Waals surface area contributed by atoms with E-state index in [-0.39, 0.29) is 17.1 Å². The molecule has 0 spiro atoms. The van der Waals surface area contributed by atoms with Crippen LogP contribution in [0.5, 0.6) is 5.75 Å². The highest BCUT2D eigenvalue weighted by molar-refractivity contribution is 5.44. The fraction of sp³-hybridized carbons (Fsp3) is 0.700. The molecule has 1 atom stereocenters. The maximum Gasteiger partial charge on any atom is 0.147 e. The fourth-order valence-corrected chi connectivity index (χ4v) is 2.48. The van der Waals surface area contributed by atoms with Crippen LogP contribution in [0.15, 0.2) is 18.2 Å². The number of ether oxygens (including phenoxy) is 1. The van der Waals surface area contributed by atoms with Gasteiger partial charge in [0.1, 0.15) is 12.0 Å². The molecule has 1 rings (SSSR count). The third kappa shape index (κ3) is 4.49. The van der Waals surface area contributed by atoms with Crippen LogP contribution in [0.4, 0.5) is 0 Å². The van der Waals surface area contributed by atoms with Gasteiger partial charge in [0.2, 0.25) is 0 Å². The molecular formula is C20H35NO. The molecule has 0 radical (unpaired) electrons. The normalized spacial score (nSPS) is 14.0. The van der Waals surface area contributed by atoms with Gasteiger partial charge in [0.25, 0.3) is 0 Å². The van der Waals surface area contributed by atoms with Crippen molar-refractivity contribution in [2.24, 2.45) is 5.73 Å². The van der Waals surface area contributed by atoms with Crippen molar-refractivity contribution in [1.29, 1.82) is 0 Å². The van der Waals surface area contributed by atoms with Crippen molar-refractivity contribution in [2.45, 2.75) is 91.2 Å². The van der Waals surface area contributed by atoms with Crippen molar-refractivity contribution in [3.05, 3.63) is 29.3 Å². The molecule has 22 heavy (non-hydrogen) atoms. The van der Waals surface area contributed by atoms with Crippen molar-refractivity contribution in [2.75, 3.05) is 0 Å². The van der Waals surface area contributed by atoms with E-state index >= 15 is 0 Å². The Morgan fingerprint density at radius 2 is 1.59 bits per heavy atom. The minimum absolute atomic E-state index is 0.0844. The van der Waals surface area contributed by atoms with E-state index in [2.05, 4.69) is 66.7 Å². The van der Waals surface area contributed by atoms with Crippen LogP contribution in [0.3, 0.4) is 0 Å². The van der Waals surface area contributed by atoms with Crippen LogP contribution >= 0.6 is 0 Å². The highest BCUT2D eigenvalue weighted by Gasteiger charge is 2.27. The molecule has 0 aromatic heterocycles. The summed E-state index contributed by atoms with van der Waals surface area (Å²) in [4.78, 5) is 0. The highest BCUT2D eigenvalue weighted by Crippen LogP contribution is 2.38. The summed E-state index contributed by atoms with van der Waals surface area (Å²) in [6, 6.07) is 6.66. The van der Waals surface area contributed by atoms with Crippen LogP contribution < -0.4 is 10.5 Å². The Balaban J connectivity index is 3.27. The minimum atomic E-state index is -0.221. The van der Waals surface area contributed by atoms with Crippen molar-refractivity contribution in [3.8, 4) is 5.75 Å². The Morgan fingerprint density at radius 3 is 2.09 bits per heavy atom. The van der Waals surface area contributed by atoms with Crippen LogP contribution in [0, 0.1) is 0 Å². The molecule has 0 heterocycles. The predicted molar refractivity (Wildman–Crippen MR) is 96.6 cm³/mol. The maximum absolute atomic E-state index is 6.10. The largest absolute Gasteiger partial charge is 0.475 e. The van der Waals surface area contributed by atoms with Crippen LogP contribution in [-0.4, -0.2) is 6.23 Å². The van der Waals surface area contributed by atoms with Crippen LogP contribution in [0.1, 0.15) is 85.3 Å². The first-order valence-electron chi connectivity index (χ1n) is 8.75. The molecule has 0 saturated heterocycles.